The summed E-state index contributed by atoms with van der Waals surface area (Å²) >= 11 is 0. The summed E-state index contributed by atoms with van der Waals surface area (Å²) in [5.41, 5.74) is -0.577. The third-order valence-corrected chi connectivity index (χ3v) is 5.54. The Morgan fingerprint density at radius 2 is 1.85 bits per heavy atom. The topological polar surface area (TPSA) is 57.6 Å². The van der Waals surface area contributed by atoms with Crippen LogP contribution in [0.1, 0.15) is 33.6 Å². The molecule has 1 N–H and O–H groups in total. The van der Waals surface area contributed by atoms with Crippen LogP contribution in [0.15, 0.2) is 24.3 Å². The number of benzene rings is 1. The number of phenols is 1. The summed E-state index contributed by atoms with van der Waals surface area (Å²) in [5, 5.41) is 9.96. The number of para-hydroxylation sites is 2. The largest absolute Gasteiger partial charge is 0.506 e. The van der Waals surface area contributed by atoms with Crippen molar-refractivity contribution in [3.05, 3.63) is 24.3 Å². The van der Waals surface area contributed by atoms with E-state index in [-0.39, 0.29) is 28.9 Å². The first-order chi connectivity index (χ1) is 9.30. The summed E-state index contributed by atoms with van der Waals surface area (Å²) in [5.74, 6) is -0.569. The van der Waals surface area contributed by atoms with E-state index in [0.717, 1.165) is 12.8 Å². The Balaban J connectivity index is 2.15. The highest BCUT2D eigenvalue weighted by molar-refractivity contribution is 6.21. The van der Waals surface area contributed by atoms with Gasteiger partial charge in [-0.25, -0.2) is 4.90 Å². The predicted molar refractivity (Wildman–Crippen MR) is 75.2 cm³/mol. The summed E-state index contributed by atoms with van der Waals surface area (Å²) in [6.45, 7) is 5.94. The number of amides is 2. The Morgan fingerprint density at radius 1 is 1.20 bits per heavy atom. The van der Waals surface area contributed by atoms with Crippen molar-refractivity contribution in [2.75, 3.05) is 4.90 Å². The standard InChI is InChI=1S/C16H19NO3/c1-15(2)10-8-9-16(15,3)14(20)17(13(10)19)11-6-4-5-7-12(11)18/h4-7,10,18H,8-9H2,1-3H3/t10-,16+/m1/s1. The number of rotatable bonds is 1. The van der Waals surface area contributed by atoms with Gasteiger partial charge in [0, 0.05) is 5.92 Å². The number of carbonyl (C=O) groups excluding carboxylic acids is 2. The minimum atomic E-state index is -0.548. The van der Waals surface area contributed by atoms with Crippen LogP contribution >= 0.6 is 0 Å². The van der Waals surface area contributed by atoms with Gasteiger partial charge in [-0.15, -0.1) is 0 Å². The van der Waals surface area contributed by atoms with Crippen LogP contribution in [0.3, 0.4) is 0 Å². The van der Waals surface area contributed by atoms with Crippen molar-refractivity contribution in [2.45, 2.75) is 33.6 Å². The summed E-state index contributed by atoms with van der Waals surface area (Å²) in [6, 6.07) is 6.52. The van der Waals surface area contributed by atoms with Gasteiger partial charge in [-0.05, 0) is 30.4 Å². The van der Waals surface area contributed by atoms with Crippen molar-refractivity contribution in [2.24, 2.45) is 16.7 Å². The van der Waals surface area contributed by atoms with Crippen LogP contribution in [-0.2, 0) is 9.59 Å². The zero-order valence-electron chi connectivity index (χ0n) is 12.0. The van der Waals surface area contributed by atoms with E-state index in [2.05, 4.69) is 0 Å². The number of anilines is 1. The number of imide groups is 1. The van der Waals surface area contributed by atoms with Crippen molar-refractivity contribution in [1.29, 1.82) is 0 Å². The highest BCUT2D eigenvalue weighted by Gasteiger charge is 2.64. The van der Waals surface area contributed by atoms with Gasteiger partial charge in [0.15, 0.2) is 0 Å². The second kappa shape index (κ2) is 3.84. The van der Waals surface area contributed by atoms with Crippen LogP contribution in [0.25, 0.3) is 0 Å². The van der Waals surface area contributed by atoms with E-state index in [1.807, 2.05) is 20.8 Å². The molecule has 0 unspecified atom stereocenters. The Kier molecular flexibility index (Phi) is 2.53. The average molecular weight is 273 g/mol. The number of nitrogens with zero attached hydrogens (tertiary/aromatic N) is 1. The molecule has 4 nitrogen and oxygen atoms in total. The second-order valence-electron chi connectivity index (χ2n) is 6.61. The third-order valence-electron chi connectivity index (χ3n) is 5.54. The summed E-state index contributed by atoms with van der Waals surface area (Å²) in [4.78, 5) is 26.8. The maximum atomic E-state index is 12.9. The monoisotopic (exact) mass is 273 g/mol. The SMILES string of the molecule is CC1(C)[C@@H]2CC[C@@]1(C)C(=O)N(c1ccccc1O)C2=O. The van der Waals surface area contributed by atoms with E-state index in [1.165, 1.54) is 11.0 Å². The minimum absolute atomic E-state index is 0.0306. The zero-order valence-corrected chi connectivity index (χ0v) is 12.0. The van der Waals surface area contributed by atoms with Crippen LogP contribution in [0.2, 0.25) is 0 Å². The summed E-state index contributed by atoms with van der Waals surface area (Å²) < 4.78 is 0. The number of phenolic OH excluding ortho intramolecular Hbond substituents is 1. The summed E-state index contributed by atoms with van der Waals surface area (Å²) in [7, 11) is 0. The van der Waals surface area contributed by atoms with Crippen molar-refractivity contribution in [1.82, 2.24) is 0 Å². The first-order valence-corrected chi connectivity index (χ1v) is 6.97. The van der Waals surface area contributed by atoms with Gasteiger partial charge in [0.1, 0.15) is 5.75 Å². The van der Waals surface area contributed by atoms with E-state index in [4.69, 9.17) is 0 Å². The van der Waals surface area contributed by atoms with Crippen LogP contribution in [0, 0.1) is 16.7 Å². The molecule has 2 aliphatic rings. The molecular formula is C16H19NO3. The fraction of sp³-hybridized carbons (Fsp3) is 0.500. The number of fused-ring (bicyclic) bond motifs is 2. The summed E-state index contributed by atoms with van der Waals surface area (Å²) in [6.07, 6.45) is 1.46. The predicted octanol–water partition coefficient (Wildman–Crippen LogP) is 2.71. The average Bonchev–Trinajstić information content (AvgIpc) is 2.57. The molecule has 1 heterocycles. The Labute approximate surface area is 118 Å². The number of aromatic hydroxyl groups is 1. The van der Waals surface area contributed by atoms with E-state index in [9.17, 15) is 14.7 Å². The van der Waals surface area contributed by atoms with Gasteiger partial charge in [0.2, 0.25) is 11.8 Å². The molecule has 2 atom stereocenters. The molecule has 0 spiro atoms. The van der Waals surface area contributed by atoms with E-state index in [1.54, 1.807) is 18.2 Å². The van der Waals surface area contributed by atoms with Crippen LogP contribution in [0.4, 0.5) is 5.69 Å². The lowest BCUT2D eigenvalue weighted by Crippen LogP contribution is -2.59. The number of hydrogen-bond acceptors (Lipinski definition) is 3. The van der Waals surface area contributed by atoms with Gasteiger partial charge >= 0.3 is 0 Å². The normalized spacial score (nSPS) is 31.8. The third kappa shape index (κ3) is 1.37. The number of hydrogen-bond donors (Lipinski definition) is 1. The van der Waals surface area contributed by atoms with Crippen LogP contribution in [-0.4, -0.2) is 16.9 Å². The molecule has 3 rings (SSSR count). The first kappa shape index (κ1) is 13.2. The fourth-order valence-electron chi connectivity index (χ4n) is 3.70. The molecule has 1 aromatic rings. The molecule has 2 bridgehead atoms. The molecule has 1 saturated heterocycles. The van der Waals surface area contributed by atoms with E-state index >= 15 is 0 Å². The molecule has 2 amide bonds. The smallest absolute Gasteiger partial charge is 0.240 e. The van der Waals surface area contributed by atoms with E-state index in [0.29, 0.717) is 5.69 Å². The van der Waals surface area contributed by atoms with Crippen LogP contribution < -0.4 is 4.90 Å². The highest BCUT2D eigenvalue weighted by atomic mass is 16.3. The molecule has 1 aromatic carbocycles. The van der Waals surface area contributed by atoms with Gasteiger partial charge in [-0.1, -0.05) is 32.9 Å². The zero-order chi connectivity index (χ0) is 14.7. The van der Waals surface area contributed by atoms with Gasteiger partial charge in [0.05, 0.1) is 11.1 Å². The molecule has 0 radical (unpaired) electrons. The molecule has 1 aliphatic carbocycles. The van der Waals surface area contributed by atoms with Crippen molar-refractivity contribution >= 4 is 17.5 Å². The lowest BCUT2D eigenvalue weighted by atomic mass is 9.62. The van der Waals surface area contributed by atoms with Crippen molar-refractivity contribution < 1.29 is 14.7 Å². The molecular weight excluding hydrogens is 254 g/mol. The second-order valence-corrected chi connectivity index (χ2v) is 6.61. The van der Waals surface area contributed by atoms with Crippen LogP contribution in [0.5, 0.6) is 5.75 Å². The molecule has 106 valence electrons. The molecule has 4 heteroatoms. The quantitative estimate of drug-likeness (QED) is 0.800. The first-order valence-electron chi connectivity index (χ1n) is 6.97. The Morgan fingerprint density at radius 3 is 2.50 bits per heavy atom. The van der Waals surface area contributed by atoms with Gasteiger partial charge in [0.25, 0.3) is 0 Å². The minimum Gasteiger partial charge on any atom is -0.506 e. The molecule has 0 aromatic heterocycles. The maximum Gasteiger partial charge on any atom is 0.240 e. The Bertz CT molecular complexity index is 607. The van der Waals surface area contributed by atoms with E-state index < -0.39 is 5.41 Å². The van der Waals surface area contributed by atoms with Crippen molar-refractivity contribution in [3.63, 3.8) is 0 Å². The van der Waals surface area contributed by atoms with Gasteiger partial charge in [-0.2, -0.15) is 0 Å². The molecule has 20 heavy (non-hydrogen) atoms. The fourth-order valence-corrected chi connectivity index (χ4v) is 3.70. The maximum absolute atomic E-state index is 12.9. The number of piperidine rings is 1. The van der Waals surface area contributed by atoms with Crippen molar-refractivity contribution in [3.8, 4) is 5.75 Å². The number of carbonyl (C=O) groups is 2. The molecule has 2 fully saturated rings. The lowest BCUT2D eigenvalue weighted by molar-refractivity contribution is -0.146. The van der Waals surface area contributed by atoms with Gasteiger partial charge in [-0.3, -0.25) is 9.59 Å². The lowest BCUT2D eigenvalue weighted by Gasteiger charge is -2.47. The molecule has 1 saturated carbocycles. The highest BCUT2D eigenvalue weighted by Crippen LogP contribution is 2.60. The molecule has 1 aliphatic heterocycles. The van der Waals surface area contributed by atoms with Gasteiger partial charge < -0.3 is 5.11 Å². The Hall–Kier alpha value is -1.84.